The molecule has 0 saturated carbocycles. The first-order valence-corrected chi connectivity index (χ1v) is 4.73. The molecule has 4 nitrogen and oxygen atoms in total. The molecule has 0 bridgehead atoms. The van der Waals surface area contributed by atoms with E-state index in [4.69, 9.17) is 4.74 Å². The quantitative estimate of drug-likeness (QED) is 0.793. The number of benzene rings is 1. The standard InChI is InChI=1S/C11H15NO3/c1-7(2)12-11(14)10-8(13)5-4-6-9(10)15-3/h4-7,13H,1-3H3,(H,12,14). The molecule has 82 valence electrons. The lowest BCUT2D eigenvalue weighted by atomic mass is 10.1. The van der Waals surface area contributed by atoms with Crippen LogP contribution in [0, 0.1) is 0 Å². The van der Waals surface area contributed by atoms with Crippen LogP contribution in [0.3, 0.4) is 0 Å². The number of phenolic OH excluding ortho intramolecular Hbond substituents is 1. The van der Waals surface area contributed by atoms with Gasteiger partial charge in [0.15, 0.2) is 0 Å². The molecular formula is C11H15NO3. The van der Waals surface area contributed by atoms with Crippen molar-refractivity contribution in [2.75, 3.05) is 7.11 Å². The molecule has 1 amide bonds. The van der Waals surface area contributed by atoms with E-state index in [9.17, 15) is 9.90 Å². The first-order valence-electron chi connectivity index (χ1n) is 4.73. The third-order valence-corrected chi connectivity index (χ3v) is 1.87. The molecule has 0 atom stereocenters. The summed E-state index contributed by atoms with van der Waals surface area (Å²) in [5.74, 6) is -0.0411. The van der Waals surface area contributed by atoms with Gasteiger partial charge in [-0.3, -0.25) is 4.79 Å². The molecule has 0 heterocycles. The number of carbonyl (C=O) groups excluding carboxylic acids is 1. The Hall–Kier alpha value is -1.71. The van der Waals surface area contributed by atoms with Crippen LogP contribution in [0.5, 0.6) is 11.5 Å². The van der Waals surface area contributed by atoms with Crippen molar-refractivity contribution in [3.8, 4) is 11.5 Å². The number of nitrogens with one attached hydrogen (secondary N) is 1. The highest BCUT2D eigenvalue weighted by atomic mass is 16.5. The summed E-state index contributed by atoms with van der Waals surface area (Å²) in [4.78, 5) is 11.7. The Morgan fingerprint density at radius 1 is 1.47 bits per heavy atom. The van der Waals surface area contributed by atoms with Crippen molar-refractivity contribution < 1.29 is 14.6 Å². The van der Waals surface area contributed by atoms with Gasteiger partial charge in [0.25, 0.3) is 5.91 Å². The maximum absolute atomic E-state index is 11.7. The second-order valence-electron chi connectivity index (χ2n) is 3.48. The lowest BCUT2D eigenvalue weighted by Crippen LogP contribution is -2.30. The van der Waals surface area contributed by atoms with Crippen LogP contribution in [0.1, 0.15) is 24.2 Å². The molecule has 0 aliphatic carbocycles. The molecule has 0 unspecified atom stereocenters. The predicted molar refractivity (Wildman–Crippen MR) is 57.3 cm³/mol. The van der Waals surface area contributed by atoms with E-state index in [2.05, 4.69) is 5.32 Å². The summed E-state index contributed by atoms with van der Waals surface area (Å²) in [6.45, 7) is 3.70. The van der Waals surface area contributed by atoms with Crippen molar-refractivity contribution in [3.63, 3.8) is 0 Å². The topological polar surface area (TPSA) is 58.6 Å². The molecule has 1 rings (SSSR count). The van der Waals surface area contributed by atoms with Gasteiger partial charge in [0, 0.05) is 6.04 Å². The fourth-order valence-electron chi connectivity index (χ4n) is 1.25. The van der Waals surface area contributed by atoms with Crippen molar-refractivity contribution in [3.05, 3.63) is 23.8 Å². The molecule has 1 aromatic rings. The Bertz CT molecular complexity index is 361. The fourth-order valence-corrected chi connectivity index (χ4v) is 1.25. The summed E-state index contributed by atoms with van der Waals surface area (Å²) in [5, 5.41) is 12.3. The van der Waals surface area contributed by atoms with Crippen molar-refractivity contribution >= 4 is 5.91 Å². The van der Waals surface area contributed by atoms with Crippen LogP contribution in [0.25, 0.3) is 0 Å². The van der Waals surface area contributed by atoms with Crippen LogP contribution in [0.15, 0.2) is 18.2 Å². The minimum absolute atomic E-state index is 0.0156. The highest BCUT2D eigenvalue weighted by molar-refractivity contribution is 5.99. The highest BCUT2D eigenvalue weighted by Crippen LogP contribution is 2.26. The Balaban J connectivity index is 3.06. The summed E-state index contributed by atoms with van der Waals surface area (Å²) in [6, 6.07) is 4.73. The van der Waals surface area contributed by atoms with Crippen LogP contribution in [-0.4, -0.2) is 24.2 Å². The minimum Gasteiger partial charge on any atom is -0.507 e. The summed E-state index contributed by atoms with van der Waals surface area (Å²) >= 11 is 0. The zero-order chi connectivity index (χ0) is 11.4. The van der Waals surface area contributed by atoms with Gasteiger partial charge >= 0.3 is 0 Å². The molecule has 0 aromatic heterocycles. The molecule has 0 spiro atoms. The van der Waals surface area contributed by atoms with E-state index in [0.29, 0.717) is 5.75 Å². The largest absolute Gasteiger partial charge is 0.507 e. The van der Waals surface area contributed by atoms with Gasteiger partial charge in [-0.25, -0.2) is 0 Å². The molecule has 0 aliphatic rings. The lowest BCUT2D eigenvalue weighted by molar-refractivity contribution is 0.0937. The second-order valence-corrected chi connectivity index (χ2v) is 3.48. The van der Waals surface area contributed by atoms with Crippen LogP contribution >= 0.6 is 0 Å². The maximum atomic E-state index is 11.7. The number of phenols is 1. The minimum atomic E-state index is -0.333. The monoisotopic (exact) mass is 209 g/mol. The molecule has 0 fully saturated rings. The summed E-state index contributed by atoms with van der Waals surface area (Å²) < 4.78 is 5.01. The van der Waals surface area contributed by atoms with Crippen molar-refractivity contribution in [2.45, 2.75) is 19.9 Å². The Kier molecular flexibility index (Phi) is 3.55. The number of methoxy groups -OCH3 is 1. The smallest absolute Gasteiger partial charge is 0.259 e. The van der Waals surface area contributed by atoms with E-state index >= 15 is 0 Å². The molecule has 15 heavy (non-hydrogen) atoms. The number of amides is 1. The first-order chi connectivity index (χ1) is 7.06. The molecule has 0 aliphatic heterocycles. The zero-order valence-electron chi connectivity index (χ0n) is 9.07. The van der Waals surface area contributed by atoms with Gasteiger partial charge in [0.05, 0.1) is 7.11 Å². The molecule has 0 radical (unpaired) electrons. The normalized spacial score (nSPS) is 10.1. The van der Waals surface area contributed by atoms with Crippen molar-refractivity contribution in [1.82, 2.24) is 5.32 Å². The summed E-state index contributed by atoms with van der Waals surface area (Å²) in [6.07, 6.45) is 0. The number of carbonyl (C=O) groups is 1. The summed E-state index contributed by atoms with van der Waals surface area (Å²) in [5.41, 5.74) is 0.175. The number of hydrogen-bond acceptors (Lipinski definition) is 3. The number of rotatable bonds is 3. The van der Waals surface area contributed by atoms with E-state index in [1.54, 1.807) is 12.1 Å². The Morgan fingerprint density at radius 2 is 2.13 bits per heavy atom. The van der Waals surface area contributed by atoms with Gasteiger partial charge in [0.2, 0.25) is 0 Å². The predicted octanol–water partition coefficient (Wildman–Crippen LogP) is 1.54. The fraction of sp³-hybridized carbons (Fsp3) is 0.364. The van der Waals surface area contributed by atoms with E-state index in [1.807, 2.05) is 13.8 Å². The van der Waals surface area contributed by atoms with Gasteiger partial charge in [-0.1, -0.05) is 6.07 Å². The van der Waals surface area contributed by atoms with Crippen molar-refractivity contribution in [2.24, 2.45) is 0 Å². The maximum Gasteiger partial charge on any atom is 0.259 e. The van der Waals surface area contributed by atoms with Gasteiger partial charge in [-0.15, -0.1) is 0 Å². The zero-order valence-corrected chi connectivity index (χ0v) is 9.07. The van der Waals surface area contributed by atoms with E-state index in [0.717, 1.165) is 0 Å². The second kappa shape index (κ2) is 4.68. The molecule has 0 saturated heterocycles. The van der Waals surface area contributed by atoms with Gasteiger partial charge in [-0.05, 0) is 26.0 Å². The van der Waals surface area contributed by atoms with Crippen LogP contribution < -0.4 is 10.1 Å². The van der Waals surface area contributed by atoms with E-state index in [-0.39, 0.29) is 23.3 Å². The van der Waals surface area contributed by atoms with Gasteiger partial charge in [-0.2, -0.15) is 0 Å². The summed E-state index contributed by atoms with van der Waals surface area (Å²) in [7, 11) is 1.46. The molecule has 4 heteroatoms. The number of ether oxygens (including phenoxy) is 1. The third kappa shape index (κ3) is 2.62. The van der Waals surface area contributed by atoms with Gasteiger partial charge in [0.1, 0.15) is 17.1 Å². The Morgan fingerprint density at radius 3 is 2.67 bits per heavy atom. The average molecular weight is 209 g/mol. The SMILES string of the molecule is COc1cccc(O)c1C(=O)NC(C)C. The molecular weight excluding hydrogens is 194 g/mol. The first kappa shape index (κ1) is 11.4. The Labute approximate surface area is 88.9 Å². The highest BCUT2D eigenvalue weighted by Gasteiger charge is 2.17. The third-order valence-electron chi connectivity index (χ3n) is 1.87. The lowest BCUT2D eigenvalue weighted by Gasteiger charge is -2.12. The van der Waals surface area contributed by atoms with Crippen molar-refractivity contribution in [1.29, 1.82) is 0 Å². The van der Waals surface area contributed by atoms with E-state index < -0.39 is 0 Å². The molecule has 2 N–H and O–H groups in total. The average Bonchev–Trinajstić information content (AvgIpc) is 2.15. The number of aromatic hydroxyl groups is 1. The molecule has 1 aromatic carbocycles. The van der Waals surface area contributed by atoms with Gasteiger partial charge < -0.3 is 15.2 Å². The van der Waals surface area contributed by atoms with Crippen LogP contribution in [-0.2, 0) is 0 Å². The number of hydrogen-bond donors (Lipinski definition) is 2. The van der Waals surface area contributed by atoms with Crippen LogP contribution in [0.2, 0.25) is 0 Å². The van der Waals surface area contributed by atoms with E-state index in [1.165, 1.54) is 13.2 Å². The van der Waals surface area contributed by atoms with Crippen LogP contribution in [0.4, 0.5) is 0 Å².